The van der Waals surface area contributed by atoms with Crippen molar-refractivity contribution in [3.63, 3.8) is 0 Å². The maximum Gasteiger partial charge on any atom is 0.116 e. The summed E-state index contributed by atoms with van der Waals surface area (Å²) in [5.41, 5.74) is 4.68. The van der Waals surface area contributed by atoms with Gasteiger partial charge in [-0.15, -0.1) is 0 Å². The van der Waals surface area contributed by atoms with E-state index in [1.54, 1.807) is 6.33 Å². The second kappa shape index (κ2) is 3.98. The van der Waals surface area contributed by atoms with Gasteiger partial charge in [0.2, 0.25) is 0 Å². The third kappa shape index (κ3) is 1.89. The molecule has 0 saturated carbocycles. The summed E-state index contributed by atoms with van der Waals surface area (Å²) in [5.74, 6) is 0. The molecule has 0 bridgehead atoms. The van der Waals surface area contributed by atoms with E-state index < -0.39 is 0 Å². The van der Waals surface area contributed by atoms with Crippen LogP contribution in [0.4, 0.5) is 0 Å². The lowest BCUT2D eigenvalue weighted by Gasteiger charge is -2.03. The molecule has 0 N–H and O–H groups in total. The maximum absolute atomic E-state index is 4.22. The van der Waals surface area contributed by atoms with Crippen LogP contribution >= 0.6 is 0 Å². The molecule has 0 saturated heterocycles. The van der Waals surface area contributed by atoms with Crippen LogP contribution in [0.1, 0.15) is 5.56 Å². The van der Waals surface area contributed by atoms with E-state index in [-0.39, 0.29) is 0 Å². The van der Waals surface area contributed by atoms with Gasteiger partial charge in [0.25, 0.3) is 0 Å². The normalized spacial score (nSPS) is 10.6. The van der Waals surface area contributed by atoms with Crippen LogP contribution in [0, 0.1) is 6.92 Å². The Kier molecular flexibility index (Phi) is 2.33. The number of rotatable bonds is 1. The van der Waals surface area contributed by atoms with E-state index in [0.717, 1.165) is 10.9 Å². The average Bonchev–Trinajstić information content (AvgIpc) is 2.39. The van der Waals surface area contributed by atoms with Crippen molar-refractivity contribution in [1.82, 2.24) is 9.97 Å². The Morgan fingerprint density at radius 1 is 0.882 bits per heavy atom. The van der Waals surface area contributed by atoms with Crippen LogP contribution in [0.2, 0.25) is 0 Å². The van der Waals surface area contributed by atoms with Crippen molar-refractivity contribution in [1.29, 1.82) is 0 Å². The Morgan fingerprint density at radius 3 is 2.47 bits per heavy atom. The Hall–Kier alpha value is -2.22. The van der Waals surface area contributed by atoms with Crippen LogP contribution in [0.15, 0.2) is 55.0 Å². The Balaban J connectivity index is 2.14. The highest BCUT2D eigenvalue weighted by Crippen LogP contribution is 2.23. The molecule has 0 amide bonds. The van der Waals surface area contributed by atoms with Gasteiger partial charge in [0.1, 0.15) is 6.33 Å². The van der Waals surface area contributed by atoms with E-state index in [9.17, 15) is 0 Å². The number of nitrogens with zero attached hydrogens (tertiary/aromatic N) is 2. The van der Waals surface area contributed by atoms with Crippen LogP contribution in [-0.2, 0) is 0 Å². The summed E-state index contributed by atoms with van der Waals surface area (Å²) in [7, 11) is 0. The van der Waals surface area contributed by atoms with Gasteiger partial charge in [0.15, 0.2) is 0 Å². The number of aromatic nitrogens is 2. The van der Waals surface area contributed by atoms with Gasteiger partial charge in [0, 0.05) is 11.6 Å². The van der Waals surface area contributed by atoms with E-state index in [2.05, 4.69) is 53.3 Å². The molecule has 0 fully saturated rings. The zero-order valence-electron chi connectivity index (χ0n) is 9.59. The fourth-order valence-electron chi connectivity index (χ4n) is 1.91. The first-order valence-electron chi connectivity index (χ1n) is 5.60. The third-order valence-electron chi connectivity index (χ3n) is 2.89. The number of hydrogen-bond donors (Lipinski definition) is 0. The second-order valence-corrected chi connectivity index (χ2v) is 4.16. The summed E-state index contributed by atoms with van der Waals surface area (Å²) in [6, 6.07) is 14.8. The topological polar surface area (TPSA) is 25.8 Å². The molecule has 2 nitrogen and oxygen atoms in total. The monoisotopic (exact) mass is 220 g/mol. The lowest BCUT2D eigenvalue weighted by molar-refractivity contribution is 1.22. The van der Waals surface area contributed by atoms with Crippen LogP contribution in [-0.4, -0.2) is 9.97 Å². The fourth-order valence-corrected chi connectivity index (χ4v) is 1.91. The van der Waals surface area contributed by atoms with Crippen molar-refractivity contribution in [2.24, 2.45) is 0 Å². The van der Waals surface area contributed by atoms with Crippen molar-refractivity contribution >= 4 is 10.9 Å². The van der Waals surface area contributed by atoms with E-state index in [1.165, 1.54) is 16.7 Å². The highest BCUT2D eigenvalue weighted by molar-refractivity contribution is 5.83. The summed E-state index contributed by atoms with van der Waals surface area (Å²) >= 11 is 0. The molecule has 1 heterocycles. The zero-order chi connectivity index (χ0) is 11.7. The van der Waals surface area contributed by atoms with Gasteiger partial charge < -0.3 is 0 Å². The molecule has 0 atom stereocenters. The standard InChI is InChI=1S/C15H12N2/c1-11-2-4-12(5-3-11)13-6-7-15-14(8-13)9-16-10-17-15/h2-10H,1H3. The van der Waals surface area contributed by atoms with E-state index >= 15 is 0 Å². The Morgan fingerprint density at radius 2 is 1.65 bits per heavy atom. The molecule has 0 unspecified atom stereocenters. The quantitative estimate of drug-likeness (QED) is 0.626. The van der Waals surface area contributed by atoms with Gasteiger partial charge in [-0.1, -0.05) is 35.9 Å². The number of benzene rings is 2. The number of aryl methyl sites for hydroxylation is 1. The van der Waals surface area contributed by atoms with Crippen molar-refractivity contribution in [3.05, 3.63) is 60.6 Å². The number of fused-ring (bicyclic) bond motifs is 1. The minimum atomic E-state index is 0.982. The largest absolute Gasteiger partial charge is 0.244 e. The first-order valence-corrected chi connectivity index (χ1v) is 5.60. The highest BCUT2D eigenvalue weighted by atomic mass is 14.8. The van der Waals surface area contributed by atoms with E-state index in [0.29, 0.717) is 0 Å². The van der Waals surface area contributed by atoms with Gasteiger partial charge in [-0.05, 0) is 30.2 Å². The SMILES string of the molecule is Cc1ccc(-c2ccc3ncncc3c2)cc1. The van der Waals surface area contributed by atoms with Crippen molar-refractivity contribution in [2.45, 2.75) is 6.92 Å². The molecule has 2 aromatic carbocycles. The predicted molar refractivity (Wildman–Crippen MR) is 69.7 cm³/mol. The summed E-state index contributed by atoms with van der Waals surface area (Å²) in [6.45, 7) is 2.10. The Bertz CT molecular complexity index is 657. The zero-order valence-corrected chi connectivity index (χ0v) is 9.59. The van der Waals surface area contributed by atoms with Gasteiger partial charge in [0.05, 0.1) is 5.52 Å². The van der Waals surface area contributed by atoms with Crippen molar-refractivity contribution in [3.8, 4) is 11.1 Å². The van der Waals surface area contributed by atoms with E-state index in [4.69, 9.17) is 0 Å². The van der Waals surface area contributed by atoms with E-state index in [1.807, 2.05) is 12.3 Å². The van der Waals surface area contributed by atoms with Gasteiger partial charge in [-0.3, -0.25) is 0 Å². The molecule has 0 spiro atoms. The molecular formula is C15H12N2. The smallest absolute Gasteiger partial charge is 0.116 e. The molecule has 2 heteroatoms. The highest BCUT2D eigenvalue weighted by Gasteiger charge is 1.99. The first kappa shape index (κ1) is 9.97. The number of hydrogen-bond acceptors (Lipinski definition) is 2. The van der Waals surface area contributed by atoms with Crippen LogP contribution in [0.5, 0.6) is 0 Å². The molecule has 1 aromatic heterocycles. The maximum atomic E-state index is 4.22. The summed E-state index contributed by atoms with van der Waals surface area (Å²) < 4.78 is 0. The van der Waals surface area contributed by atoms with Gasteiger partial charge >= 0.3 is 0 Å². The summed E-state index contributed by atoms with van der Waals surface area (Å²) in [5, 5.41) is 1.07. The summed E-state index contributed by atoms with van der Waals surface area (Å²) in [4.78, 5) is 8.27. The molecule has 0 aliphatic heterocycles. The lowest BCUT2D eigenvalue weighted by Crippen LogP contribution is -1.83. The molecule has 0 radical (unpaired) electrons. The molecule has 17 heavy (non-hydrogen) atoms. The van der Waals surface area contributed by atoms with Crippen LogP contribution in [0.25, 0.3) is 22.0 Å². The molecule has 3 rings (SSSR count). The van der Waals surface area contributed by atoms with Crippen molar-refractivity contribution in [2.75, 3.05) is 0 Å². The second-order valence-electron chi connectivity index (χ2n) is 4.16. The van der Waals surface area contributed by atoms with Crippen LogP contribution in [0.3, 0.4) is 0 Å². The lowest BCUT2D eigenvalue weighted by atomic mass is 10.0. The third-order valence-corrected chi connectivity index (χ3v) is 2.89. The first-order chi connectivity index (χ1) is 8.33. The molecule has 82 valence electrons. The average molecular weight is 220 g/mol. The van der Waals surface area contributed by atoms with Gasteiger partial charge in [-0.25, -0.2) is 9.97 Å². The minimum Gasteiger partial charge on any atom is -0.244 e. The minimum absolute atomic E-state index is 0.982. The molecule has 3 aromatic rings. The molecular weight excluding hydrogens is 208 g/mol. The van der Waals surface area contributed by atoms with Gasteiger partial charge in [-0.2, -0.15) is 0 Å². The van der Waals surface area contributed by atoms with Crippen LogP contribution < -0.4 is 0 Å². The molecule has 0 aliphatic rings. The Labute approximate surface area is 100.0 Å². The fraction of sp³-hybridized carbons (Fsp3) is 0.0667. The predicted octanol–water partition coefficient (Wildman–Crippen LogP) is 3.61. The molecule has 0 aliphatic carbocycles. The van der Waals surface area contributed by atoms with Crippen molar-refractivity contribution < 1.29 is 0 Å². The summed E-state index contributed by atoms with van der Waals surface area (Å²) in [6.07, 6.45) is 3.42.